The molecule has 1 aromatic heterocycles. The van der Waals surface area contributed by atoms with Gasteiger partial charge >= 0.3 is 5.97 Å². The van der Waals surface area contributed by atoms with Gasteiger partial charge in [0.05, 0.1) is 6.54 Å². The van der Waals surface area contributed by atoms with Crippen LogP contribution in [0.15, 0.2) is 24.3 Å². The molecule has 0 spiro atoms. The molecule has 0 saturated heterocycles. The van der Waals surface area contributed by atoms with Crippen molar-refractivity contribution in [2.45, 2.75) is 0 Å². The highest BCUT2D eigenvalue weighted by Gasteiger charge is 2.18. The fourth-order valence-electron chi connectivity index (χ4n) is 1.64. The lowest BCUT2D eigenvalue weighted by Crippen LogP contribution is -2.35. The van der Waals surface area contributed by atoms with E-state index < -0.39 is 17.2 Å². The number of halogens is 1. The zero-order valence-electron chi connectivity index (χ0n) is 11.7. The number of hydrogen-bond acceptors (Lipinski definition) is 6. The van der Waals surface area contributed by atoms with E-state index in [1.807, 2.05) is 0 Å². The van der Waals surface area contributed by atoms with Crippen LogP contribution in [-0.2, 0) is 16.1 Å². The van der Waals surface area contributed by atoms with Crippen molar-refractivity contribution in [3.8, 4) is 10.6 Å². The number of carbonyl (C=O) groups is 1. The van der Waals surface area contributed by atoms with E-state index in [-0.39, 0.29) is 24.8 Å². The molecule has 1 aromatic carbocycles. The highest BCUT2D eigenvalue weighted by molar-refractivity contribution is 7.81. The van der Waals surface area contributed by atoms with Crippen LogP contribution in [0.1, 0.15) is 0 Å². The van der Waals surface area contributed by atoms with Crippen LogP contribution in [0.5, 0.6) is 0 Å². The number of carboxylic acid groups (broad SMARTS) is 1. The number of rotatable bonds is 8. The fourth-order valence-corrected chi connectivity index (χ4v) is 3.27. The summed E-state index contributed by atoms with van der Waals surface area (Å²) in [6, 6.07) is 6.99. The molecule has 3 N–H and O–H groups in total. The number of aliphatic carboxylic acids is 1. The molecule has 0 aliphatic carbocycles. The van der Waals surface area contributed by atoms with Gasteiger partial charge in [-0.3, -0.25) is 9.35 Å². The highest BCUT2D eigenvalue weighted by Crippen LogP contribution is 2.29. The molecule has 11 heteroatoms. The molecule has 0 radical (unpaired) electrons. The van der Waals surface area contributed by atoms with Crippen molar-refractivity contribution < 1.29 is 18.7 Å². The van der Waals surface area contributed by atoms with Gasteiger partial charge in [-0.05, 0) is 12.1 Å². The normalized spacial score (nSPS) is 12.1. The van der Waals surface area contributed by atoms with Crippen LogP contribution in [0, 0.1) is 0 Å². The molecule has 1 atom stereocenters. The summed E-state index contributed by atoms with van der Waals surface area (Å²) in [6.45, 7) is 0.109. The molecular weight excluding hydrogens is 364 g/mol. The van der Waals surface area contributed by atoms with Gasteiger partial charge in [0.15, 0.2) is 0 Å². The Morgan fingerprint density at radius 1 is 1.35 bits per heavy atom. The SMILES string of the molecule is O=C(O)CNCCN(c1nnc(-c2ccc(Cl)cc2)s1)S(=O)O. The smallest absolute Gasteiger partial charge is 0.317 e. The minimum Gasteiger partial charge on any atom is -0.480 e. The number of anilines is 1. The molecule has 8 nitrogen and oxygen atoms in total. The Morgan fingerprint density at radius 3 is 2.65 bits per heavy atom. The van der Waals surface area contributed by atoms with Crippen LogP contribution >= 0.6 is 22.9 Å². The summed E-state index contributed by atoms with van der Waals surface area (Å²) in [6.07, 6.45) is 0. The van der Waals surface area contributed by atoms with Gasteiger partial charge in [-0.2, -0.15) is 0 Å². The van der Waals surface area contributed by atoms with Crippen LogP contribution in [0.25, 0.3) is 10.6 Å². The molecule has 0 amide bonds. The molecule has 2 aromatic rings. The third kappa shape index (κ3) is 5.22. The minimum absolute atomic E-state index is 0.117. The average Bonchev–Trinajstić information content (AvgIpc) is 2.96. The van der Waals surface area contributed by atoms with E-state index in [1.54, 1.807) is 24.3 Å². The molecule has 0 aliphatic heterocycles. The van der Waals surface area contributed by atoms with Gasteiger partial charge in [0.1, 0.15) is 5.01 Å². The highest BCUT2D eigenvalue weighted by atomic mass is 35.5. The van der Waals surface area contributed by atoms with E-state index in [4.69, 9.17) is 16.7 Å². The van der Waals surface area contributed by atoms with E-state index >= 15 is 0 Å². The first-order chi connectivity index (χ1) is 11.0. The third-order valence-corrected chi connectivity index (χ3v) is 4.77. The second-order valence-corrected chi connectivity index (χ2v) is 6.59. The number of aromatic nitrogens is 2. The fraction of sp³-hybridized carbons (Fsp3) is 0.250. The standard InChI is InChI=1S/C12H13ClN4O4S2/c13-9-3-1-8(2-4-9)11-15-16-12(22-11)17(23(20)21)6-5-14-7-10(18)19/h1-4,14H,5-7H2,(H,18,19)(H,20,21). The lowest BCUT2D eigenvalue weighted by atomic mass is 10.2. The van der Waals surface area contributed by atoms with Gasteiger partial charge in [-0.15, -0.1) is 10.2 Å². The summed E-state index contributed by atoms with van der Waals surface area (Å²) in [5.41, 5.74) is 0.797. The largest absolute Gasteiger partial charge is 0.480 e. The number of nitrogens with one attached hydrogen (secondary N) is 1. The molecule has 23 heavy (non-hydrogen) atoms. The Bertz CT molecular complexity index is 695. The Kier molecular flexibility index (Phi) is 6.42. The van der Waals surface area contributed by atoms with Crippen molar-refractivity contribution in [2.75, 3.05) is 23.9 Å². The van der Waals surface area contributed by atoms with E-state index in [0.29, 0.717) is 10.0 Å². The Balaban J connectivity index is 2.06. The molecule has 0 bridgehead atoms. The number of benzene rings is 1. The van der Waals surface area contributed by atoms with Gasteiger partial charge < -0.3 is 10.4 Å². The van der Waals surface area contributed by atoms with Gasteiger partial charge in [0, 0.05) is 23.7 Å². The van der Waals surface area contributed by atoms with Crippen molar-refractivity contribution in [2.24, 2.45) is 0 Å². The zero-order valence-corrected chi connectivity index (χ0v) is 14.1. The number of carboxylic acids is 1. The predicted molar refractivity (Wildman–Crippen MR) is 89.0 cm³/mol. The van der Waals surface area contributed by atoms with Gasteiger partial charge in [0.25, 0.3) is 11.3 Å². The number of hydrogen-bond donors (Lipinski definition) is 3. The monoisotopic (exact) mass is 376 g/mol. The van der Waals surface area contributed by atoms with E-state index in [1.165, 1.54) is 0 Å². The maximum atomic E-state index is 11.4. The quantitative estimate of drug-likeness (QED) is 0.472. The van der Waals surface area contributed by atoms with Crippen molar-refractivity contribution in [1.29, 1.82) is 0 Å². The summed E-state index contributed by atoms with van der Waals surface area (Å²) in [4.78, 5) is 10.4. The summed E-state index contributed by atoms with van der Waals surface area (Å²) >= 11 is 4.70. The second-order valence-electron chi connectivity index (χ2n) is 4.30. The molecule has 124 valence electrons. The van der Waals surface area contributed by atoms with E-state index in [2.05, 4.69) is 15.5 Å². The molecule has 2 rings (SSSR count). The van der Waals surface area contributed by atoms with Gasteiger partial charge in [0.2, 0.25) is 5.13 Å². The Hall–Kier alpha value is -1.59. The van der Waals surface area contributed by atoms with Crippen molar-refractivity contribution in [3.05, 3.63) is 29.3 Å². The topological polar surface area (TPSA) is 116 Å². The van der Waals surface area contributed by atoms with Crippen LogP contribution in [0.2, 0.25) is 5.02 Å². The van der Waals surface area contributed by atoms with Crippen molar-refractivity contribution in [1.82, 2.24) is 15.5 Å². The van der Waals surface area contributed by atoms with Crippen LogP contribution in [0.3, 0.4) is 0 Å². The molecule has 1 unspecified atom stereocenters. The molecule has 0 saturated carbocycles. The summed E-state index contributed by atoms with van der Waals surface area (Å²) in [7, 11) is 0. The maximum absolute atomic E-state index is 11.4. The Morgan fingerprint density at radius 2 is 2.04 bits per heavy atom. The van der Waals surface area contributed by atoms with Gasteiger partial charge in [-0.1, -0.05) is 35.1 Å². The first-order valence-electron chi connectivity index (χ1n) is 6.38. The minimum atomic E-state index is -2.28. The summed E-state index contributed by atoms with van der Waals surface area (Å²) < 4.78 is 21.9. The van der Waals surface area contributed by atoms with Crippen LogP contribution in [0.4, 0.5) is 5.13 Å². The zero-order chi connectivity index (χ0) is 16.8. The lowest BCUT2D eigenvalue weighted by Gasteiger charge is -2.15. The second kappa shape index (κ2) is 8.31. The molecule has 1 heterocycles. The summed E-state index contributed by atoms with van der Waals surface area (Å²) in [5.74, 6) is -0.998. The summed E-state index contributed by atoms with van der Waals surface area (Å²) in [5, 5.41) is 20.6. The van der Waals surface area contributed by atoms with Crippen LogP contribution < -0.4 is 9.62 Å². The first kappa shape index (κ1) is 17.8. The van der Waals surface area contributed by atoms with Crippen LogP contribution in [-0.4, -0.2) is 49.7 Å². The molecule has 0 fully saturated rings. The average molecular weight is 377 g/mol. The first-order valence-corrected chi connectivity index (χ1v) is 8.63. The van der Waals surface area contributed by atoms with Crippen molar-refractivity contribution in [3.63, 3.8) is 0 Å². The van der Waals surface area contributed by atoms with Crippen molar-refractivity contribution >= 4 is 45.3 Å². The molecule has 0 aliphatic rings. The third-order valence-electron chi connectivity index (χ3n) is 2.68. The predicted octanol–water partition coefficient (Wildman–Crippen LogP) is 1.48. The van der Waals surface area contributed by atoms with Gasteiger partial charge in [-0.25, -0.2) is 8.51 Å². The molecular formula is C12H13ClN4O4S2. The number of nitrogens with zero attached hydrogens (tertiary/aromatic N) is 3. The van der Waals surface area contributed by atoms with E-state index in [9.17, 15) is 13.6 Å². The Labute approximate surface area is 143 Å². The van der Waals surface area contributed by atoms with E-state index in [0.717, 1.165) is 21.2 Å². The lowest BCUT2D eigenvalue weighted by molar-refractivity contribution is -0.135. The maximum Gasteiger partial charge on any atom is 0.317 e.